The molecular weight excluding hydrogens is 328 g/mol. The Morgan fingerprint density at radius 3 is 2.48 bits per heavy atom. The zero-order valence-electron chi connectivity index (χ0n) is 12.2. The molecule has 4 heteroatoms. The molecule has 3 nitrogen and oxygen atoms in total. The first kappa shape index (κ1) is 16.0. The molecule has 0 aliphatic heterocycles. The van der Waals surface area contributed by atoms with E-state index in [2.05, 4.69) is 45.1 Å². The predicted octanol–water partition coefficient (Wildman–Crippen LogP) is 3.47. The van der Waals surface area contributed by atoms with Crippen molar-refractivity contribution >= 4 is 21.6 Å². The van der Waals surface area contributed by atoms with Crippen LogP contribution in [0, 0.1) is 0 Å². The Balaban J connectivity index is 2.25. The zero-order valence-corrected chi connectivity index (χ0v) is 13.8. The molecule has 0 fully saturated rings. The van der Waals surface area contributed by atoms with E-state index in [4.69, 9.17) is 5.73 Å². The summed E-state index contributed by atoms with van der Waals surface area (Å²) in [4.78, 5) is 2.16. The summed E-state index contributed by atoms with van der Waals surface area (Å²) in [5.74, 6) is 0. The normalized spacial score (nSPS) is 12.2. The summed E-state index contributed by atoms with van der Waals surface area (Å²) in [6.07, 6.45) is 0. The molecule has 0 heterocycles. The van der Waals surface area contributed by atoms with Gasteiger partial charge in [-0.2, -0.15) is 0 Å². The van der Waals surface area contributed by atoms with Crippen LogP contribution in [0.5, 0.6) is 0 Å². The van der Waals surface area contributed by atoms with Gasteiger partial charge in [-0.05, 0) is 46.1 Å². The fourth-order valence-electron chi connectivity index (χ4n) is 2.27. The first-order valence-electron chi connectivity index (χ1n) is 7.06. The predicted molar refractivity (Wildman–Crippen MR) is 91.3 cm³/mol. The van der Waals surface area contributed by atoms with E-state index in [1.165, 1.54) is 5.56 Å². The number of rotatable bonds is 6. The quantitative estimate of drug-likeness (QED) is 0.840. The summed E-state index contributed by atoms with van der Waals surface area (Å²) in [6.45, 7) is 3.44. The number of halogens is 1. The Kier molecular flexibility index (Phi) is 5.79. The third kappa shape index (κ3) is 4.30. The van der Waals surface area contributed by atoms with Crippen LogP contribution in [0.3, 0.4) is 0 Å². The van der Waals surface area contributed by atoms with Gasteiger partial charge in [-0.15, -0.1) is 0 Å². The van der Waals surface area contributed by atoms with Crippen LogP contribution < -0.4 is 10.6 Å². The maximum Gasteiger partial charge on any atom is 0.0606 e. The molecule has 0 amide bonds. The van der Waals surface area contributed by atoms with Gasteiger partial charge in [0.1, 0.15) is 0 Å². The molecule has 21 heavy (non-hydrogen) atoms. The topological polar surface area (TPSA) is 49.5 Å². The van der Waals surface area contributed by atoms with Crippen molar-refractivity contribution in [3.05, 3.63) is 64.1 Å². The molecule has 0 bridgehead atoms. The molecule has 0 aromatic heterocycles. The van der Waals surface area contributed by atoms with E-state index in [9.17, 15) is 5.11 Å². The van der Waals surface area contributed by atoms with Crippen LogP contribution in [0.1, 0.15) is 24.1 Å². The number of nitrogens with zero attached hydrogens (tertiary/aromatic N) is 1. The second kappa shape index (κ2) is 7.59. The van der Waals surface area contributed by atoms with Crippen molar-refractivity contribution in [1.82, 2.24) is 0 Å². The summed E-state index contributed by atoms with van der Waals surface area (Å²) in [7, 11) is 0. The van der Waals surface area contributed by atoms with Crippen LogP contribution in [-0.2, 0) is 6.54 Å². The molecule has 2 aromatic carbocycles. The van der Waals surface area contributed by atoms with Crippen molar-refractivity contribution in [3.8, 4) is 0 Å². The van der Waals surface area contributed by atoms with E-state index < -0.39 is 0 Å². The van der Waals surface area contributed by atoms with Gasteiger partial charge in [-0.1, -0.05) is 36.4 Å². The fraction of sp³-hybridized carbons (Fsp3) is 0.294. The molecule has 0 saturated heterocycles. The monoisotopic (exact) mass is 348 g/mol. The van der Waals surface area contributed by atoms with Crippen LogP contribution in [0.15, 0.2) is 53.0 Å². The third-order valence-electron chi connectivity index (χ3n) is 3.42. The van der Waals surface area contributed by atoms with E-state index in [1.54, 1.807) is 0 Å². The second-order valence-corrected chi connectivity index (χ2v) is 5.98. The van der Waals surface area contributed by atoms with Crippen molar-refractivity contribution in [2.24, 2.45) is 5.73 Å². The Labute approximate surface area is 134 Å². The van der Waals surface area contributed by atoms with Crippen molar-refractivity contribution in [2.45, 2.75) is 19.5 Å². The van der Waals surface area contributed by atoms with E-state index >= 15 is 0 Å². The van der Waals surface area contributed by atoms with Crippen LogP contribution >= 0.6 is 15.9 Å². The highest BCUT2D eigenvalue weighted by molar-refractivity contribution is 9.10. The average molecular weight is 349 g/mol. The SMILES string of the molecule is C[C@H](N)c1ccc(N(CCO)Cc2ccccc2)c(Br)c1. The number of aliphatic hydroxyl groups excluding tert-OH is 1. The molecule has 0 aliphatic rings. The van der Waals surface area contributed by atoms with E-state index in [1.807, 2.05) is 31.2 Å². The van der Waals surface area contributed by atoms with Gasteiger partial charge in [-0.3, -0.25) is 0 Å². The Bertz CT molecular complexity index is 572. The van der Waals surface area contributed by atoms with Crippen LogP contribution in [0.4, 0.5) is 5.69 Å². The largest absolute Gasteiger partial charge is 0.395 e. The van der Waals surface area contributed by atoms with Crippen LogP contribution in [0.2, 0.25) is 0 Å². The van der Waals surface area contributed by atoms with Crippen LogP contribution in [-0.4, -0.2) is 18.3 Å². The minimum absolute atomic E-state index is 0.00997. The highest BCUT2D eigenvalue weighted by atomic mass is 79.9. The zero-order chi connectivity index (χ0) is 15.2. The lowest BCUT2D eigenvalue weighted by atomic mass is 10.1. The van der Waals surface area contributed by atoms with Crippen molar-refractivity contribution in [1.29, 1.82) is 0 Å². The minimum atomic E-state index is 0.00997. The average Bonchev–Trinajstić information content (AvgIpc) is 2.48. The lowest BCUT2D eigenvalue weighted by Gasteiger charge is -2.26. The van der Waals surface area contributed by atoms with Crippen molar-refractivity contribution in [2.75, 3.05) is 18.1 Å². The fourth-order valence-corrected chi connectivity index (χ4v) is 2.92. The second-order valence-electron chi connectivity index (χ2n) is 5.13. The number of hydrogen-bond acceptors (Lipinski definition) is 3. The number of hydrogen-bond donors (Lipinski definition) is 2. The Morgan fingerprint density at radius 1 is 1.19 bits per heavy atom. The molecule has 0 spiro atoms. The van der Waals surface area contributed by atoms with Crippen molar-refractivity contribution in [3.63, 3.8) is 0 Å². The summed E-state index contributed by atoms with van der Waals surface area (Å²) in [5, 5.41) is 9.33. The summed E-state index contributed by atoms with van der Waals surface area (Å²) >= 11 is 3.62. The number of anilines is 1. The standard InChI is InChI=1S/C17H21BrN2O/c1-13(19)15-7-8-17(16(18)11-15)20(9-10-21)12-14-5-3-2-4-6-14/h2-8,11,13,21H,9-10,12,19H2,1H3/t13-/m0/s1. The lowest BCUT2D eigenvalue weighted by Crippen LogP contribution is -2.26. The molecular formula is C17H21BrN2O. The maximum absolute atomic E-state index is 9.33. The van der Waals surface area contributed by atoms with Crippen molar-refractivity contribution < 1.29 is 5.11 Å². The van der Waals surface area contributed by atoms with E-state index in [-0.39, 0.29) is 12.6 Å². The van der Waals surface area contributed by atoms with Gasteiger partial charge in [0.2, 0.25) is 0 Å². The molecule has 0 saturated carbocycles. The molecule has 112 valence electrons. The maximum atomic E-state index is 9.33. The summed E-state index contributed by atoms with van der Waals surface area (Å²) in [5.41, 5.74) is 9.29. The number of benzene rings is 2. The lowest BCUT2D eigenvalue weighted by molar-refractivity contribution is 0.301. The molecule has 2 rings (SSSR count). The van der Waals surface area contributed by atoms with Gasteiger partial charge in [0.05, 0.1) is 12.3 Å². The number of nitrogens with two attached hydrogens (primary N) is 1. The summed E-state index contributed by atoms with van der Waals surface area (Å²) < 4.78 is 1.00. The Morgan fingerprint density at radius 2 is 1.90 bits per heavy atom. The number of aliphatic hydroxyl groups is 1. The van der Waals surface area contributed by atoms with Gasteiger partial charge in [0.15, 0.2) is 0 Å². The molecule has 2 aromatic rings. The minimum Gasteiger partial charge on any atom is -0.395 e. The van der Waals surface area contributed by atoms with E-state index in [0.29, 0.717) is 6.54 Å². The van der Waals surface area contributed by atoms with Gasteiger partial charge in [-0.25, -0.2) is 0 Å². The van der Waals surface area contributed by atoms with Gasteiger partial charge in [0, 0.05) is 23.6 Å². The molecule has 1 atom stereocenters. The van der Waals surface area contributed by atoms with Crippen LogP contribution in [0.25, 0.3) is 0 Å². The van der Waals surface area contributed by atoms with Gasteiger partial charge < -0.3 is 15.7 Å². The smallest absolute Gasteiger partial charge is 0.0606 e. The van der Waals surface area contributed by atoms with E-state index in [0.717, 1.165) is 22.3 Å². The molecule has 0 aliphatic carbocycles. The molecule has 0 radical (unpaired) electrons. The van der Waals surface area contributed by atoms with Gasteiger partial charge >= 0.3 is 0 Å². The summed E-state index contributed by atoms with van der Waals surface area (Å²) in [6, 6.07) is 16.4. The highest BCUT2D eigenvalue weighted by Gasteiger charge is 2.12. The van der Waals surface area contributed by atoms with Gasteiger partial charge in [0.25, 0.3) is 0 Å². The molecule has 3 N–H and O–H groups in total. The third-order valence-corrected chi connectivity index (χ3v) is 4.06. The molecule has 0 unspecified atom stereocenters. The first-order chi connectivity index (χ1) is 10.1. The first-order valence-corrected chi connectivity index (χ1v) is 7.86. The Hall–Kier alpha value is -1.36. The highest BCUT2D eigenvalue weighted by Crippen LogP contribution is 2.30.